The van der Waals surface area contributed by atoms with Crippen molar-refractivity contribution < 1.29 is 4.74 Å². The summed E-state index contributed by atoms with van der Waals surface area (Å²) in [5.41, 5.74) is 1.16. The predicted molar refractivity (Wildman–Crippen MR) is 103 cm³/mol. The fraction of sp³-hybridized carbons (Fsp3) is 0.250. The lowest BCUT2D eigenvalue weighted by Crippen LogP contribution is -2.26. The monoisotopic (exact) mass is 374 g/mol. The SMILES string of the molecule is COc1ccccc1-n1nc(C2CC2)nc1Cn1nnc2ccccc2c1=O. The fourth-order valence-electron chi connectivity index (χ4n) is 3.24. The predicted octanol–water partition coefficient (Wildman–Crippen LogP) is 2.31. The Morgan fingerprint density at radius 1 is 1.11 bits per heavy atom. The number of methoxy groups -OCH3 is 1. The Morgan fingerprint density at radius 2 is 1.89 bits per heavy atom. The Morgan fingerprint density at radius 3 is 2.71 bits per heavy atom. The van der Waals surface area contributed by atoms with Gasteiger partial charge in [-0.1, -0.05) is 29.5 Å². The summed E-state index contributed by atoms with van der Waals surface area (Å²) in [7, 11) is 1.62. The van der Waals surface area contributed by atoms with E-state index in [0.717, 1.165) is 24.4 Å². The molecule has 2 aromatic heterocycles. The zero-order valence-corrected chi connectivity index (χ0v) is 15.3. The lowest BCUT2D eigenvalue weighted by atomic mass is 10.2. The van der Waals surface area contributed by atoms with Gasteiger partial charge >= 0.3 is 0 Å². The van der Waals surface area contributed by atoms with Gasteiger partial charge in [0.15, 0.2) is 11.6 Å². The molecule has 1 fully saturated rings. The normalized spacial score (nSPS) is 13.8. The van der Waals surface area contributed by atoms with Crippen molar-refractivity contribution in [3.63, 3.8) is 0 Å². The molecule has 0 atom stereocenters. The van der Waals surface area contributed by atoms with Gasteiger partial charge in [-0.25, -0.2) is 14.3 Å². The summed E-state index contributed by atoms with van der Waals surface area (Å²) in [4.78, 5) is 17.5. The van der Waals surface area contributed by atoms with E-state index in [2.05, 4.69) is 10.3 Å². The molecule has 1 saturated carbocycles. The van der Waals surface area contributed by atoms with Crippen molar-refractivity contribution in [2.75, 3.05) is 7.11 Å². The lowest BCUT2D eigenvalue weighted by Gasteiger charge is -2.10. The minimum atomic E-state index is -0.201. The summed E-state index contributed by atoms with van der Waals surface area (Å²) in [6, 6.07) is 14.8. The highest BCUT2D eigenvalue weighted by atomic mass is 16.5. The largest absolute Gasteiger partial charge is 0.494 e. The van der Waals surface area contributed by atoms with Gasteiger partial charge in [-0.3, -0.25) is 4.79 Å². The fourth-order valence-corrected chi connectivity index (χ4v) is 3.24. The zero-order valence-electron chi connectivity index (χ0n) is 15.3. The molecule has 5 rings (SSSR count). The van der Waals surface area contributed by atoms with Crippen LogP contribution in [-0.4, -0.2) is 36.9 Å². The second kappa shape index (κ2) is 6.56. The van der Waals surface area contributed by atoms with Crippen LogP contribution in [0.3, 0.4) is 0 Å². The molecular weight excluding hydrogens is 356 g/mol. The summed E-state index contributed by atoms with van der Waals surface area (Å²) >= 11 is 0. The quantitative estimate of drug-likeness (QED) is 0.533. The molecule has 8 nitrogen and oxygen atoms in total. The van der Waals surface area contributed by atoms with Gasteiger partial charge in [0, 0.05) is 5.92 Å². The molecular formula is C20H18N6O2. The van der Waals surface area contributed by atoms with Crippen LogP contribution in [0.25, 0.3) is 16.6 Å². The van der Waals surface area contributed by atoms with Crippen molar-refractivity contribution in [3.8, 4) is 11.4 Å². The Labute approximate surface area is 160 Å². The van der Waals surface area contributed by atoms with E-state index >= 15 is 0 Å². The summed E-state index contributed by atoms with van der Waals surface area (Å²) in [6.45, 7) is 0.175. The van der Waals surface area contributed by atoms with Crippen LogP contribution >= 0.6 is 0 Å². The molecule has 1 aliphatic carbocycles. The van der Waals surface area contributed by atoms with Gasteiger partial charge in [0.1, 0.15) is 23.5 Å². The summed E-state index contributed by atoms with van der Waals surface area (Å²) < 4.78 is 8.56. The molecule has 4 aromatic rings. The molecule has 0 spiro atoms. The number of rotatable bonds is 5. The molecule has 2 heterocycles. The highest BCUT2D eigenvalue weighted by Gasteiger charge is 2.30. The van der Waals surface area contributed by atoms with Crippen molar-refractivity contribution in [2.45, 2.75) is 25.3 Å². The maximum atomic E-state index is 12.8. The van der Waals surface area contributed by atoms with Crippen LogP contribution in [0, 0.1) is 0 Å². The maximum Gasteiger partial charge on any atom is 0.278 e. The number of ether oxygens (including phenoxy) is 1. The maximum absolute atomic E-state index is 12.8. The minimum Gasteiger partial charge on any atom is -0.494 e. The van der Waals surface area contributed by atoms with E-state index in [4.69, 9.17) is 14.8 Å². The average molecular weight is 374 g/mol. The van der Waals surface area contributed by atoms with E-state index in [1.807, 2.05) is 36.4 Å². The number of benzene rings is 2. The first-order valence-corrected chi connectivity index (χ1v) is 9.16. The third kappa shape index (κ3) is 2.83. The molecule has 0 unspecified atom stereocenters. The number of para-hydroxylation sites is 2. The van der Waals surface area contributed by atoms with Crippen LogP contribution in [0.15, 0.2) is 53.3 Å². The van der Waals surface area contributed by atoms with E-state index in [1.54, 1.807) is 23.9 Å². The number of fused-ring (bicyclic) bond motifs is 1. The van der Waals surface area contributed by atoms with Gasteiger partial charge in [0.05, 0.1) is 12.5 Å². The highest BCUT2D eigenvalue weighted by Crippen LogP contribution is 2.38. The molecule has 8 heteroatoms. The van der Waals surface area contributed by atoms with Crippen LogP contribution < -0.4 is 10.3 Å². The highest BCUT2D eigenvalue weighted by molar-refractivity contribution is 5.76. The molecule has 2 aromatic carbocycles. The van der Waals surface area contributed by atoms with E-state index in [0.29, 0.717) is 28.4 Å². The van der Waals surface area contributed by atoms with Crippen LogP contribution in [0.1, 0.15) is 30.4 Å². The van der Waals surface area contributed by atoms with Crippen LogP contribution in [0.5, 0.6) is 5.75 Å². The third-order valence-electron chi connectivity index (χ3n) is 4.87. The lowest BCUT2D eigenvalue weighted by molar-refractivity contribution is 0.410. The number of hydrogen-bond acceptors (Lipinski definition) is 6. The first kappa shape index (κ1) is 16.6. The molecule has 0 N–H and O–H groups in total. The first-order valence-electron chi connectivity index (χ1n) is 9.16. The second-order valence-corrected chi connectivity index (χ2v) is 6.81. The Balaban J connectivity index is 1.62. The van der Waals surface area contributed by atoms with E-state index < -0.39 is 0 Å². The van der Waals surface area contributed by atoms with Gasteiger partial charge in [0.2, 0.25) is 0 Å². The Hall–Kier alpha value is -3.55. The second-order valence-electron chi connectivity index (χ2n) is 6.81. The van der Waals surface area contributed by atoms with E-state index in [-0.39, 0.29) is 12.1 Å². The minimum absolute atomic E-state index is 0.175. The van der Waals surface area contributed by atoms with Crippen molar-refractivity contribution in [1.82, 2.24) is 29.8 Å². The summed E-state index contributed by atoms with van der Waals surface area (Å²) in [6.07, 6.45) is 2.18. The van der Waals surface area contributed by atoms with Gasteiger partial charge < -0.3 is 4.74 Å². The van der Waals surface area contributed by atoms with Crippen LogP contribution in [0.4, 0.5) is 0 Å². The van der Waals surface area contributed by atoms with E-state index in [1.165, 1.54) is 4.68 Å². The van der Waals surface area contributed by atoms with Gasteiger partial charge in [-0.2, -0.15) is 5.10 Å². The average Bonchev–Trinajstić information content (AvgIpc) is 3.51. The van der Waals surface area contributed by atoms with Crippen molar-refractivity contribution in [2.24, 2.45) is 0 Å². The molecule has 0 saturated heterocycles. The van der Waals surface area contributed by atoms with Crippen molar-refractivity contribution in [1.29, 1.82) is 0 Å². The van der Waals surface area contributed by atoms with Crippen LogP contribution in [-0.2, 0) is 6.54 Å². The summed E-state index contributed by atoms with van der Waals surface area (Å²) in [5, 5.41) is 13.5. The summed E-state index contributed by atoms with van der Waals surface area (Å²) in [5.74, 6) is 2.49. The molecule has 0 amide bonds. The van der Waals surface area contributed by atoms with Gasteiger partial charge in [-0.15, -0.1) is 5.10 Å². The van der Waals surface area contributed by atoms with Gasteiger partial charge in [0.25, 0.3) is 5.56 Å². The number of aromatic nitrogens is 6. The standard InChI is InChI=1S/C20H18N6O2/c1-28-17-9-5-4-8-16(17)26-18(21-19(23-26)13-10-11-13)12-25-20(27)14-6-2-3-7-15(14)22-24-25/h2-9,13H,10-12H2,1H3. The topological polar surface area (TPSA) is 87.7 Å². The molecule has 0 radical (unpaired) electrons. The Bertz CT molecular complexity index is 1220. The van der Waals surface area contributed by atoms with Crippen molar-refractivity contribution >= 4 is 10.9 Å². The Kier molecular flexibility index (Phi) is 3.89. The molecule has 28 heavy (non-hydrogen) atoms. The van der Waals surface area contributed by atoms with Gasteiger partial charge in [-0.05, 0) is 37.1 Å². The zero-order chi connectivity index (χ0) is 19.1. The molecule has 1 aliphatic rings. The van der Waals surface area contributed by atoms with E-state index in [9.17, 15) is 4.79 Å². The third-order valence-corrected chi connectivity index (χ3v) is 4.87. The van der Waals surface area contributed by atoms with Crippen molar-refractivity contribution in [3.05, 3.63) is 70.5 Å². The number of nitrogens with zero attached hydrogens (tertiary/aromatic N) is 6. The first-order chi connectivity index (χ1) is 13.7. The molecule has 0 aliphatic heterocycles. The number of hydrogen-bond donors (Lipinski definition) is 0. The molecule has 0 bridgehead atoms. The van der Waals surface area contributed by atoms with Crippen LogP contribution in [0.2, 0.25) is 0 Å². The molecule has 140 valence electrons. The smallest absolute Gasteiger partial charge is 0.278 e.